The van der Waals surface area contributed by atoms with E-state index in [1.54, 1.807) is 17.0 Å². The predicted molar refractivity (Wildman–Crippen MR) is 130 cm³/mol. The van der Waals surface area contributed by atoms with Gasteiger partial charge in [0.2, 0.25) is 11.8 Å². The first-order valence-corrected chi connectivity index (χ1v) is 13.2. The zero-order valence-electron chi connectivity index (χ0n) is 19.9. The summed E-state index contributed by atoms with van der Waals surface area (Å²) in [6, 6.07) is 10.5. The van der Waals surface area contributed by atoms with Crippen molar-refractivity contribution in [2.45, 2.75) is 44.9 Å². The highest BCUT2D eigenvalue weighted by Gasteiger charge is 2.25. The second-order valence-corrected chi connectivity index (χ2v) is 10.1. The van der Waals surface area contributed by atoms with Crippen LogP contribution in [-0.2, 0) is 32.3 Å². The van der Waals surface area contributed by atoms with Gasteiger partial charge in [0.05, 0.1) is 23.9 Å². The van der Waals surface area contributed by atoms with Crippen LogP contribution in [0, 0.1) is 0 Å². The van der Waals surface area contributed by atoms with E-state index in [2.05, 4.69) is 5.32 Å². The van der Waals surface area contributed by atoms with Crippen molar-refractivity contribution >= 4 is 27.3 Å². The van der Waals surface area contributed by atoms with Crippen molar-refractivity contribution in [3.63, 3.8) is 0 Å². The van der Waals surface area contributed by atoms with E-state index in [1.165, 1.54) is 13.0 Å². The van der Waals surface area contributed by atoms with Crippen LogP contribution >= 0.6 is 0 Å². The van der Waals surface area contributed by atoms with E-state index < -0.39 is 9.84 Å². The molecule has 0 fully saturated rings. The molecule has 0 saturated heterocycles. The number of carbonyl (C=O) groups is 2. The Balaban J connectivity index is 1.51. The van der Waals surface area contributed by atoms with Gasteiger partial charge < -0.3 is 19.7 Å². The molecule has 8 nitrogen and oxygen atoms in total. The maximum absolute atomic E-state index is 12.7. The molecule has 2 aromatic carbocycles. The summed E-state index contributed by atoms with van der Waals surface area (Å²) in [4.78, 5) is 25.8. The summed E-state index contributed by atoms with van der Waals surface area (Å²) in [6.45, 7) is 7.31. The van der Waals surface area contributed by atoms with Gasteiger partial charge in [-0.2, -0.15) is 0 Å². The average molecular weight is 489 g/mol. The zero-order valence-corrected chi connectivity index (χ0v) is 20.7. The van der Waals surface area contributed by atoms with Crippen molar-refractivity contribution in [3.05, 3.63) is 47.5 Å². The molecule has 0 aromatic heterocycles. The van der Waals surface area contributed by atoms with Gasteiger partial charge in [-0.1, -0.05) is 6.07 Å². The number of benzene rings is 2. The lowest BCUT2D eigenvalue weighted by atomic mass is 10.1. The SMILES string of the molecule is CCOc1ccc(CCNC(=O)CCS(=O)(=O)c2ccc3c(c2)CCN3C(C)=O)cc1OCC. The summed E-state index contributed by atoms with van der Waals surface area (Å²) in [6.07, 6.45) is 1.09. The van der Waals surface area contributed by atoms with Crippen LogP contribution in [0.2, 0.25) is 0 Å². The minimum atomic E-state index is -3.61. The summed E-state index contributed by atoms with van der Waals surface area (Å²) in [5, 5.41) is 2.79. The maximum Gasteiger partial charge on any atom is 0.223 e. The second-order valence-electron chi connectivity index (χ2n) is 8.03. The quantitative estimate of drug-likeness (QED) is 0.522. The largest absolute Gasteiger partial charge is 0.490 e. The maximum atomic E-state index is 12.7. The Morgan fingerprint density at radius 1 is 1.03 bits per heavy atom. The molecular weight excluding hydrogens is 456 g/mol. The molecule has 34 heavy (non-hydrogen) atoms. The molecule has 1 N–H and O–H groups in total. The molecule has 1 aliphatic heterocycles. The van der Waals surface area contributed by atoms with E-state index in [1.807, 2.05) is 32.0 Å². The van der Waals surface area contributed by atoms with Gasteiger partial charge in [-0.15, -0.1) is 0 Å². The van der Waals surface area contributed by atoms with Crippen molar-refractivity contribution in [1.29, 1.82) is 0 Å². The highest BCUT2D eigenvalue weighted by atomic mass is 32.2. The lowest BCUT2D eigenvalue weighted by Gasteiger charge is -2.15. The van der Waals surface area contributed by atoms with Gasteiger partial charge in [0.15, 0.2) is 21.3 Å². The van der Waals surface area contributed by atoms with Crippen LogP contribution in [0.3, 0.4) is 0 Å². The van der Waals surface area contributed by atoms with E-state index in [0.717, 1.165) is 16.8 Å². The number of amides is 2. The number of fused-ring (bicyclic) bond motifs is 1. The normalized spacial score (nSPS) is 12.9. The average Bonchev–Trinajstić information content (AvgIpc) is 3.23. The number of hydrogen-bond donors (Lipinski definition) is 1. The molecule has 0 spiro atoms. The Hall–Kier alpha value is -3.07. The number of sulfone groups is 1. The van der Waals surface area contributed by atoms with Gasteiger partial charge in [-0.05, 0) is 68.1 Å². The van der Waals surface area contributed by atoms with Crippen molar-refractivity contribution in [2.24, 2.45) is 0 Å². The van der Waals surface area contributed by atoms with Crippen LogP contribution in [0.4, 0.5) is 5.69 Å². The molecule has 1 aliphatic rings. The first kappa shape index (κ1) is 25.6. The van der Waals surface area contributed by atoms with Crippen LogP contribution in [-0.4, -0.2) is 52.3 Å². The first-order valence-electron chi connectivity index (χ1n) is 11.5. The van der Waals surface area contributed by atoms with Crippen molar-refractivity contribution in [3.8, 4) is 11.5 Å². The van der Waals surface area contributed by atoms with Gasteiger partial charge in [0.1, 0.15) is 0 Å². The van der Waals surface area contributed by atoms with Crippen molar-refractivity contribution < 1.29 is 27.5 Å². The van der Waals surface area contributed by atoms with Crippen LogP contribution in [0.25, 0.3) is 0 Å². The molecule has 3 rings (SSSR count). The number of carbonyl (C=O) groups excluding carboxylic acids is 2. The molecule has 1 heterocycles. The smallest absolute Gasteiger partial charge is 0.223 e. The Morgan fingerprint density at radius 3 is 2.47 bits per heavy atom. The van der Waals surface area contributed by atoms with Gasteiger partial charge in [-0.3, -0.25) is 9.59 Å². The molecular formula is C25H32N2O6S. The monoisotopic (exact) mass is 488 g/mol. The molecule has 0 aliphatic carbocycles. The Kier molecular flexibility index (Phi) is 8.55. The van der Waals surface area contributed by atoms with E-state index >= 15 is 0 Å². The van der Waals surface area contributed by atoms with Crippen LogP contribution < -0.4 is 19.7 Å². The van der Waals surface area contributed by atoms with Crippen LogP contribution in [0.1, 0.15) is 38.3 Å². The number of rotatable bonds is 11. The van der Waals surface area contributed by atoms with Crippen LogP contribution in [0.15, 0.2) is 41.3 Å². The van der Waals surface area contributed by atoms with Gasteiger partial charge in [0, 0.05) is 32.1 Å². The number of hydrogen-bond acceptors (Lipinski definition) is 6. The molecule has 2 amide bonds. The molecule has 0 atom stereocenters. The number of anilines is 1. The van der Waals surface area contributed by atoms with Gasteiger partial charge >= 0.3 is 0 Å². The van der Waals surface area contributed by atoms with E-state index in [4.69, 9.17) is 9.47 Å². The van der Waals surface area contributed by atoms with E-state index in [0.29, 0.717) is 50.6 Å². The minimum absolute atomic E-state index is 0.0645. The van der Waals surface area contributed by atoms with Crippen molar-refractivity contribution in [2.75, 3.05) is 37.0 Å². The van der Waals surface area contributed by atoms with E-state index in [9.17, 15) is 18.0 Å². The third kappa shape index (κ3) is 6.28. The van der Waals surface area contributed by atoms with E-state index in [-0.39, 0.29) is 28.9 Å². The topological polar surface area (TPSA) is 102 Å². The fourth-order valence-electron chi connectivity index (χ4n) is 3.93. The molecule has 0 bridgehead atoms. The lowest BCUT2D eigenvalue weighted by molar-refractivity contribution is -0.120. The third-order valence-electron chi connectivity index (χ3n) is 5.63. The minimum Gasteiger partial charge on any atom is -0.490 e. The molecule has 9 heteroatoms. The molecule has 0 radical (unpaired) electrons. The number of nitrogens with one attached hydrogen (secondary N) is 1. The summed E-state index contributed by atoms with van der Waals surface area (Å²) < 4.78 is 36.7. The number of nitrogens with zero attached hydrogens (tertiary/aromatic N) is 1. The summed E-state index contributed by atoms with van der Waals surface area (Å²) in [5.74, 6) is 0.697. The summed E-state index contributed by atoms with van der Waals surface area (Å²) >= 11 is 0. The first-order chi connectivity index (χ1) is 16.2. The highest BCUT2D eigenvalue weighted by molar-refractivity contribution is 7.91. The van der Waals surface area contributed by atoms with Gasteiger partial charge in [-0.25, -0.2) is 8.42 Å². The fraction of sp³-hybridized carbons (Fsp3) is 0.440. The molecule has 0 unspecified atom stereocenters. The zero-order chi connectivity index (χ0) is 24.7. The Morgan fingerprint density at radius 2 is 1.76 bits per heavy atom. The lowest BCUT2D eigenvalue weighted by Crippen LogP contribution is -2.27. The molecule has 184 valence electrons. The predicted octanol–water partition coefficient (Wildman–Crippen LogP) is 2.92. The second kappa shape index (κ2) is 11.4. The van der Waals surface area contributed by atoms with Crippen molar-refractivity contribution in [1.82, 2.24) is 5.32 Å². The Bertz CT molecular complexity index is 1150. The fourth-order valence-corrected chi connectivity index (χ4v) is 5.22. The number of ether oxygens (including phenoxy) is 2. The molecule has 0 saturated carbocycles. The van der Waals surface area contributed by atoms with Crippen LogP contribution in [0.5, 0.6) is 11.5 Å². The Labute approximate surface area is 201 Å². The summed E-state index contributed by atoms with van der Waals surface area (Å²) in [7, 11) is -3.61. The van der Waals surface area contributed by atoms with Gasteiger partial charge in [0.25, 0.3) is 0 Å². The summed E-state index contributed by atoms with van der Waals surface area (Å²) in [5.41, 5.74) is 2.58. The third-order valence-corrected chi connectivity index (χ3v) is 7.34. The highest BCUT2D eigenvalue weighted by Crippen LogP contribution is 2.31. The molecule has 2 aromatic rings. The standard InChI is InChI=1S/C25H32N2O6S/c1-4-32-23-9-6-19(16-24(23)33-5-2)10-13-26-25(29)12-15-34(30,31)21-7-8-22-20(17-21)11-14-27(22)18(3)28/h6-9,16-17H,4-5,10-15H2,1-3H3,(H,26,29).